The summed E-state index contributed by atoms with van der Waals surface area (Å²) in [7, 11) is 2.19. The van der Waals surface area contributed by atoms with Crippen molar-refractivity contribution in [3.8, 4) is 29.0 Å². The normalized spacial score (nSPS) is 10.8. The first-order chi connectivity index (χ1) is 9.92. The van der Waals surface area contributed by atoms with Gasteiger partial charge in [-0.05, 0) is 38.5 Å². The first-order valence-corrected chi connectivity index (χ1v) is 6.92. The number of aromatic nitrogens is 1. The van der Waals surface area contributed by atoms with Crippen LogP contribution in [0.3, 0.4) is 0 Å². The molecular weight excluding hydrogens is 281 g/mol. The molecule has 0 radical (unpaired) electrons. The lowest BCUT2D eigenvalue weighted by Crippen LogP contribution is -2.22. The van der Waals surface area contributed by atoms with Crippen LogP contribution in [0.15, 0.2) is 30.5 Å². The van der Waals surface area contributed by atoms with Crippen molar-refractivity contribution in [3.63, 3.8) is 0 Å². The van der Waals surface area contributed by atoms with Gasteiger partial charge >= 0.3 is 0 Å². The number of nitriles is 2. The molecule has 5 heteroatoms. The summed E-state index contributed by atoms with van der Waals surface area (Å²) >= 11 is 0. The second-order valence-electron chi connectivity index (χ2n) is 5.67. The van der Waals surface area contributed by atoms with Crippen LogP contribution in [-0.2, 0) is 5.54 Å². The Morgan fingerprint density at radius 2 is 1.71 bits per heavy atom. The minimum Gasteiger partial charge on any atom is -0.480 e. The Bertz CT molecular complexity index is 740. The van der Waals surface area contributed by atoms with Gasteiger partial charge in [-0.2, -0.15) is 10.5 Å². The van der Waals surface area contributed by atoms with Gasteiger partial charge in [0.1, 0.15) is 23.6 Å². The van der Waals surface area contributed by atoms with E-state index in [0.717, 1.165) is 16.9 Å². The molecule has 2 aromatic rings. The van der Waals surface area contributed by atoms with Crippen molar-refractivity contribution in [2.75, 3.05) is 0 Å². The van der Waals surface area contributed by atoms with Gasteiger partial charge < -0.3 is 9.09 Å². The molecule has 0 fully saturated rings. The Hall–Kier alpha value is -2.29. The Morgan fingerprint density at radius 3 is 2.14 bits per heavy atom. The lowest BCUT2D eigenvalue weighted by atomic mass is 10.0. The predicted molar refractivity (Wildman–Crippen MR) is 84.6 cm³/mol. The fraction of sp³-hybridized carbons (Fsp3) is 0.250. The van der Waals surface area contributed by atoms with Crippen LogP contribution < -0.4 is 4.52 Å². The zero-order valence-corrected chi connectivity index (χ0v) is 13.4. The zero-order chi connectivity index (χ0) is 15.6. The van der Waals surface area contributed by atoms with E-state index in [1.807, 2.05) is 55.8 Å². The number of hydrogen-bond donors (Lipinski definition) is 0. The van der Waals surface area contributed by atoms with Gasteiger partial charge in [-0.15, -0.1) is 0 Å². The molecule has 4 nitrogen and oxygen atoms in total. The summed E-state index contributed by atoms with van der Waals surface area (Å²) in [6, 6.07) is 11.7. The minimum atomic E-state index is -0.266. The molecule has 1 atom stereocenters. The van der Waals surface area contributed by atoms with Crippen LogP contribution in [0, 0.1) is 22.7 Å². The quantitative estimate of drug-likeness (QED) is 0.792. The fourth-order valence-electron chi connectivity index (χ4n) is 2.19. The van der Waals surface area contributed by atoms with Crippen LogP contribution in [0.1, 0.15) is 32.0 Å². The van der Waals surface area contributed by atoms with E-state index in [-0.39, 0.29) is 5.54 Å². The van der Waals surface area contributed by atoms with E-state index in [0.29, 0.717) is 11.3 Å². The largest absolute Gasteiger partial charge is 0.480 e. The summed E-state index contributed by atoms with van der Waals surface area (Å²) in [6.07, 6.45) is 1.87. The number of nitrogens with zero attached hydrogens (tertiary/aromatic N) is 3. The molecule has 0 bridgehead atoms. The molecule has 0 N–H and O–H groups in total. The van der Waals surface area contributed by atoms with Crippen molar-refractivity contribution in [2.45, 2.75) is 26.3 Å². The zero-order valence-electron chi connectivity index (χ0n) is 12.2. The van der Waals surface area contributed by atoms with Crippen LogP contribution in [0.2, 0.25) is 0 Å². The molecule has 2 rings (SSSR count). The molecular formula is C16H16N3OP. The molecule has 0 aliphatic heterocycles. The van der Waals surface area contributed by atoms with Gasteiger partial charge in [-0.3, -0.25) is 0 Å². The summed E-state index contributed by atoms with van der Waals surface area (Å²) in [4.78, 5) is 0. The Labute approximate surface area is 126 Å². The standard InChI is InChI=1S/C16H16N3OP/c1-16(2,3)19-10-14(13(8-17)15(19)9-18)11-4-6-12(20-21)7-5-11/h4-7,10H,21H2,1-3H3. The van der Waals surface area contributed by atoms with Crippen molar-refractivity contribution in [1.82, 2.24) is 4.57 Å². The van der Waals surface area contributed by atoms with Gasteiger partial charge in [0.15, 0.2) is 0 Å². The Kier molecular flexibility index (Phi) is 4.03. The van der Waals surface area contributed by atoms with Crippen LogP contribution in [-0.4, -0.2) is 4.57 Å². The van der Waals surface area contributed by atoms with Crippen LogP contribution in [0.25, 0.3) is 11.1 Å². The van der Waals surface area contributed by atoms with E-state index < -0.39 is 0 Å². The predicted octanol–water partition coefficient (Wildman–Crippen LogP) is 3.82. The topological polar surface area (TPSA) is 61.7 Å². The van der Waals surface area contributed by atoms with Crippen LogP contribution >= 0.6 is 9.47 Å². The highest BCUT2D eigenvalue weighted by Crippen LogP contribution is 2.32. The molecule has 21 heavy (non-hydrogen) atoms. The Morgan fingerprint density at radius 1 is 1.10 bits per heavy atom. The van der Waals surface area contributed by atoms with Crippen LogP contribution in [0.5, 0.6) is 5.75 Å². The fourth-order valence-corrected chi connectivity index (χ4v) is 2.35. The second-order valence-corrected chi connectivity index (χ2v) is 5.91. The van der Waals surface area contributed by atoms with Gasteiger partial charge in [-0.1, -0.05) is 12.1 Å². The Balaban J connectivity index is 2.67. The monoisotopic (exact) mass is 297 g/mol. The van der Waals surface area contributed by atoms with Crippen molar-refractivity contribution in [2.24, 2.45) is 0 Å². The van der Waals surface area contributed by atoms with E-state index in [9.17, 15) is 10.5 Å². The molecule has 1 heterocycles. The molecule has 0 saturated heterocycles. The number of hydrogen-bond acceptors (Lipinski definition) is 3. The molecule has 0 spiro atoms. The number of rotatable bonds is 2. The molecule has 1 unspecified atom stereocenters. The summed E-state index contributed by atoms with van der Waals surface area (Å²) in [5.41, 5.74) is 2.19. The van der Waals surface area contributed by atoms with Crippen molar-refractivity contribution >= 4 is 9.47 Å². The average molecular weight is 297 g/mol. The van der Waals surface area contributed by atoms with Gasteiger partial charge in [-0.25, -0.2) is 0 Å². The molecule has 106 valence electrons. The van der Waals surface area contributed by atoms with Gasteiger partial charge in [0.25, 0.3) is 0 Å². The van der Waals surface area contributed by atoms with E-state index in [1.165, 1.54) is 0 Å². The maximum absolute atomic E-state index is 9.43. The number of benzene rings is 1. The van der Waals surface area contributed by atoms with Gasteiger partial charge in [0, 0.05) is 17.3 Å². The van der Waals surface area contributed by atoms with E-state index in [1.54, 1.807) is 0 Å². The van der Waals surface area contributed by atoms with E-state index in [2.05, 4.69) is 21.6 Å². The van der Waals surface area contributed by atoms with E-state index >= 15 is 0 Å². The average Bonchev–Trinajstić information content (AvgIpc) is 2.85. The van der Waals surface area contributed by atoms with Crippen molar-refractivity contribution < 1.29 is 4.52 Å². The molecule has 0 amide bonds. The third kappa shape index (κ3) is 2.77. The molecule has 0 aliphatic rings. The minimum absolute atomic E-state index is 0.266. The van der Waals surface area contributed by atoms with Gasteiger partial charge in [0.2, 0.25) is 0 Å². The maximum atomic E-state index is 9.43. The second kappa shape index (κ2) is 5.60. The van der Waals surface area contributed by atoms with Crippen molar-refractivity contribution in [1.29, 1.82) is 10.5 Å². The highest BCUT2D eigenvalue weighted by Gasteiger charge is 2.23. The SMILES string of the molecule is CC(C)(C)n1cc(-c2ccc(OP)cc2)c(C#N)c1C#N. The smallest absolute Gasteiger partial charge is 0.139 e. The first-order valence-electron chi connectivity index (χ1n) is 6.45. The third-order valence-corrected chi connectivity index (χ3v) is 3.52. The lowest BCUT2D eigenvalue weighted by molar-refractivity contribution is 0.395. The highest BCUT2D eigenvalue weighted by atomic mass is 31.0. The third-order valence-electron chi connectivity index (χ3n) is 3.25. The summed E-state index contributed by atoms with van der Waals surface area (Å²) in [5.74, 6) is 0.720. The molecule has 0 saturated carbocycles. The van der Waals surface area contributed by atoms with Crippen LogP contribution in [0.4, 0.5) is 0 Å². The van der Waals surface area contributed by atoms with Crippen molar-refractivity contribution in [3.05, 3.63) is 41.7 Å². The summed E-state index contributed by atoms with van der Waals surface area (Å²) in [5, 5.41) is 18.8. The highest BCUT2D eigenvalue weighted by molar-refractivity contribution is 7.10. The van der Waals surface area contributed by atoms with E-state index in [4.69, 9.17) is 4.52 Å². The summed E-state index contributed by atoms with van der Waals surface area (Å²) in [6.45, 7) is 6.01. The van der Waals surface area contributed by atoms with Gasteiger partial charge in [0.05, 0.1) is 15.0 Å². The molecule has 0 aliphatic carbocycles. The maximum Gasteiger partial charge on any atom is 0.139 e. The molecule has 1 aromatic heterocycles. The summed E-state index contributed by atoms with van der Waals surface area (Å²) < 4.78 is 6.91. The molecule has 1 aromatic carbocycles. The lowest BCUT2D eigenvalue weighted by Gasteiger charge is -2.22. The first kappa shape index (κ1) is 15.1.